The summed E-state index contributed by atoms with van der Waals surface area (Å²) in [5, 5.41) is 5.52. The van der Waals surface area contributed by atoms with Crippen LogP contribution in [0.4, 0.5) is 10.5 Å². The van der Waals surface area contributed by atoms with Crippen molar-refractivity contribution in [1.82, 2.24) is 10.2 Å². The van der Waals surface area contributed by atoms with Crippen LogP contribution in [0.15, 0.2) is 24.3 Å². The zero-order valence-electron chi connectivity index (χ0n) is 13.9. The monoisotopic (exact) mass is 329 g/mol. The molecule has 2 aliphatic rings. The van der Waals surface area contributed by atoms with Crippen LogP contribution >= 0.6 is 0 Å². The quantitative estimate of drug-likeness (QED) is 0.815. The van der Waals surface area contributed by atoms with Crippen LogP contribution in [0.5, 0.6) is 0 Å². The number of urea groups is 1. The number of carbonyl (C=O) groups is 3. The van der Waals surface area contributed by atoms with Crippen molar-refractivity contribution in [1.29, 1.82) is 0 Å². The lowest BCUT2D eigenvalue weighted by atomic mass is 9.98. The van der Waals surface area contributed by atoms with Crippen LogP contribution in [0.1, 0.15) is 44.6 Å². The second-order valence-corrected chi connectivity index (χ2v) is 6.61. The highest BCUT2D eigenvalue weighted by Gasteiger charge is 2.52. The van der Waals surface area contributed by atoms with E-state index in [1.165, 1.54) is 5.56 Å². The Morgan fingerprint density at radius 2 is 1.88 bits per heavy atom. The number of benzene rings is 1. The van der Waals surface area contributed by atoms with Crippen molar-refractivity contribution >= 4 is 23.5 Å². The van der Waals surface area contributed by atoms with Crippen LogP contribution in [0, 0.1) is 0 Å². The van der Waals surface area contributed by atoms with E-state index in [4.69, 9.17) is 0 Å². The largest absolute Gasteiger partial charge is 0.325 e. The average Bonchev–Trinajstić information content (AvgIpc) is 3.11. The average molecular weight is 329 g/mol. The molecule has 24 heavy (non-hydrogen) atoms. The topological polar surface area (TPSA) is 78.5 Å². The van der Waals surface area contributed by atoms with E-state index >= 15 is 0 Å². The first-order chi connectivity index (χ1) is 11.5. The lowest BCUT2D eigenvalue weighted by Gasteiger charge is -2.19. The second kappa shape index (κ2) is 6.63. The summed E-state index contributed by atoms with van der Waals surface area (Å²) in [6.07, 6.45) is 5.24. The second-order valence-electron chi connectivity index (χ2n) is 6.61. The number of nitrogens with one attached hydrogen (secondary N) is 2. The van der Waals surface area contributed by atoms with Crippen molar-refractivity contribution in [2.45, 2.75) is 51.0 Å². The van der Waals surface area contributed by atoms with Gasteiger partial charge in [0.05, 0.1) is 0 Å². The van der Waals surface area contributed by atoms with Crippen LogP contribution in [-0.2, 0) is 16.0 Å². The molecule has 0 atom stereocenters. The first kappa shape index (κ1) is 16.5. The highest BCUT2D eigenvalue weighted by atomic mass is 16.2. The first-order valence-electron chi connectivity index (χ1n) is 8.57. The molecule has 2 N–H and O–H groups in total. The Labute approximate surface area is 141 Å². The van der Waals surface area contributed by atoms with E-state index in [1.54, 1.807) is 0 Å². The molecule has 1 heterocycles. The molecule has 0 radical (unpaired) electrons. The van der Waals surface area contributed by atoms with Crippen LogP contribution in [-0.4, -0.2) is 34.8 Å². The Balaban J connectivity index is 1.60. The Morgan fingerprint density at radius 3 is 2.50 bits per heavy atom. The van der Waals surface area contributed by atoms with E-state index < -0.39 is 11.6 Å². The van der Waals surface area contributed by atoms with Gasteiger partial charge in [0, 0.05) is 5.69 Å². The van der Waals surface area contributed by atoms with Crippen molar-refractivity contribution in [2.75, 3.05) is 11.9 Å². The van der Waals surface area contributed by atoms with Crippen molar-refractivity contribution in [3.05, 3.63) is 29.8 Å². The van der Waals surface area contributed by atoms with Crippen molar-refractivity contribution in [2.24, 2.45) is 0 Å². The molecule has 6 nitrogen and oxygen atoms in total. The number of carbonyl (C=O) groups excluding carboxylic acids is 3. The molecular weight excluding hydrogens is 306 g/mol. The zero-order chi connectivity index (χ0) is 17.2. The molecule has 1 saturated heterocycles. The smallest absolute Gasteiger partial charge is 0.325 e. The van der Waals surface area contributed by atoms with E-state index in [2.05, 4.69) is 17.6 Å². The third kappa shape index (κ3) is 3.13. The maximum absolute atomic E-state index is 12.5. The molecule has 1 spiro atoms. The van der Waals surface area contributed by atoms with E-state index in [9.17, 15) is 14.4 Å². The summed E-state index contributed by atoms with van der Waals surface area (Å²) in [6, 6.07) is 7.16. The van der Waals surface area contributed by atoms with Crippen molar-refractivity contribution in [3.63, 3.8) is 0 Å². The number of imide groups is 1. The number of rotatable bonds is 5. The Morgan fingerprint density at radius 1 is 1.21 bits per heavy atom. The van der Waals surface area contributed by atoms with Crippen LogP contribution in [0.2, 0.25) is 0 Å². The van der Waals surface area contributed by atoms with E-state index in [0.29, 0.717) is 18.5 Å². The number of aryl methyl sites for hydroxylation is 1. The lowest BCUT2D eigenvalue weighted by molar-refractivity contribution is -0.133. The van der Waals surface area contributed by atoms with Gasteiger partial charge in [0.2, 0.25) is 5.91 Å². The first-order valence-corrected chi connectivity index (χ1v) is 8.57. The fourth-order valence-corrected chi connectivity index (χ4v) is 3.52. The zero-order valence-corrected chi connectivity index (χ0v) is 13.9. The molecule has 0 aromatic heterocycles. The maximum atomic E-state index is 12.5. The van der Waals surface area contributed by atoms with Gasteiger partial charge in [0.15, 0.2) is 0 Å². The fraction of sp³-hybridized carbons (Fsp3) is 0.500. The molecule has 3 rings (SSSR count). The predicted molar refractivity (Wildman–Crippen MR) is 90.5 cm³/mol. The number of hydrogen-bond acceptors (Lipinski definition) is 3. The van der Waals surface area contributed by atoms with Gasteiger partial charge in [-0.2, -0.15) is 0 Å². The predicted octanol–water partition coefficient (Wildman–Crippen LogP) is 2.44. The van der Waals surface area contributed by atoms with Gasteiger partial charge in [0.1, 0.15) is 12.1 Å². The van der Waals surface area contributed by atoms with Gasteiger partial charge < -0.3 is 10.6 Å². The number of hydrogen-bond donors (Lipinski definition) is 2. The Kier molecular flexibility index (Phi) is 4.55. The molecule has 0 unspecified atom stereocenters. The number of anilines is 1. The van der Waals surface area contributed by atoms with Gasteiger partial charge in [-0.05, 0) is 37.0 Å². The maximum Gasteiger partial charge on any atom is 0.325 e. The van der Waals surface area contributed by atoms with Crippen molar-refractivity contribution < 1.29 is 14.4 Å². The third-order valence-electron chi connectivity index (χ3n) is 4.78. The van der Waals surface area contributed by atoms with Crippen LogP contribution in [0.25, 0.3) is 0 Å². The number of amides is 4. The highest BCUT2D eigenvalue weighted by Crippen LogP contribution is 2.34. The summed E-state index contributed by atoms with van der Waals surface area (Å²) in [5.74, 6) is -0.629. The molecule has 0 bridgehead atoms. The molecule has 1 aromatic carbocycles. The summed E-state index contributed by atoms with van der Waals surface area (Å²) in [4.78, 5) is 37.8. The summed E-state index contributed by atoms with van der Waals surface area (Å²) < 4.78 is 0. The number of nitrogens with zero attached hydrogens (tertiary/aromatic N) is 1. The molecule has 1 aliphatic heterocycles. The third-order valence-corrected chi connectivity index (χ3v) is 4.78. The SMILES string of the molecule is CCCc1ccc(NC(=O)CN2C(=O)NC3(CCCC3)C2=O)cc1. The summed E-state index contributed by atoms with van der Waals surface area (Å²) in [6.45, 7) is 1.87. The van der Waals surface area contributed by atoms with Gasteiger partial charge in [-0.1, -0.05) is 38.3 Å². The lowest BCUT2D eigenvalue weighted by Crippen LogP contribution is -2.44. The minimum Gasteiger partial charge on any atom is -0.325 e. The van der Waals surface area contributed by atoms with Crippen molar-refractivity contribution in [3.8, 4) is 0 Å². The molecule has 6 heteroatoms. The standard InChI is InChI=1S/C18H23N3O3/c1-2-5-13-6-8-14(9-7-13)19-15(22)12-21-16(23)18(20-17(21)24)10-3-4-11-18/h6-9H,2-5,10-12H2,1H3,(H,19,22)(H,20,24). The fourth-order valence-electron chi connectivity index (χ4n) is 3.52. The van der Waals surface area contributed by atoms with E-state index in [1.807, 2.05) is 24.3 Å². The van der Waals surface area contributed by atoms with Gasteiger partial charge in [-0.25, -0.2) is 4.79 Å². The highest BCUT2D eigenvalue weighted by molar-refractivity contribution is 6.10. The van der Waals surface area contributed by atoms with E-state index in [0.717, 1.165) is 30.6 Å². The molecular formula is C18H23N3O3. The van der Waals surface area contributed by atoms with Crippen LogP contribution < -0.4 is 10.6 Å². The van der Waals surface area contributed by atoms with Gasteiger partial charge in [-0.3, -0.25) is 14.5 Å². The van der Waals surface area contributed by atoms with E-state index in [-0.39, 0.29) is 18.4 Å². The molecule has 4 amide bonds. The van der Waals surface area contributed by atoms with Gasteiger partial charge >= 0.3 is 6.03 Å². The molecule has 1 saturated carbocycles. The molecule has 128 valence electrons. The molecule has 1 aromatic rings. The molecule has 2 fully saturated rings. The summed E-state index contributed by atoms with van der Waals surface area (Å²) >= 11 is 0. The van der Waals surface area contributed by atoms with Gasteiger partial charge in [-0.15, -0.1) is 0 Å². The summed E-state index contributed by atoms with van der Waals surface area (Å²) in [5.41, 5.74) is 1.12. The van der Waals surface area contributed by atoms with Crippen LogP contribution in [0.3, 0.4) is 0 Å². The molecule has 1 aliphatic carbocycles. The minimum atomic E-state index is -0.765. The Hall–Kier alpha value is -2.37. The van der Waals surface area contributed by atoms with Gasteiger partial charge in [0.25, 0.3) is 5.91 Å². The summed E-state index contributed by atoms with van der Waals surface area (Å²) in [7, 11) is 0. The normalized spacial score (nSPS) is 19.0. The Bertz CT molecular complexity index is 648. The minimum absolute atomic E-state index is 0.247.